The largest absolute Gasteiger partial charge is 0.478 e. The lowest BCUT2D eigenvalue weighted by Crippen LogP contribution is -2.05. The minimum atomic E-state index is -1.04. The molecule has 0 bridgehead atoms. The molecule has 0 heterocycles. The number of hydrogen-bond donors (Lipinski definition) is 2. The van der Waals surface area contributed by atoms with Crippen molar-refractivity contribution in [2.45, 2.75) is 77.2 Å². The second-order valence-corrected chi connectivity index (χ2v) is 5.99. The fraction of sp³-hybridized carbons (Fsp3) is 0.600. The molecule has 0 aromatic rings. The van der Waals surface area contributed by atoms with Gasteiger partial charge in [0.25, 0.3) is 0 Å². The molecule has 0 aliphatic heterocycles. The van der Waals surface area contributed by atoms with Gasteiger partial charge < -0.3 is 10.2 Å². The molecule has 24 heavy (non-hydrogen) atoms. The highest BCUT2D eigenvalue weighted by Gasteiger charge is 2.02. The summed E-state index contributed by atoms with van der Waals surface area (Å²) < 4.78 is 0. The Morgan fingerprint density at radius 1 is 0.917 bits per heavy atom. The Balaban J connectivity index is 3.56. The third-order valence-electron chi connectivity index (χ3n) is 3.66. The maximum Gasteiger partial charge on any atom is 0.327 e. The molecule has 0 amide bonds. The minimum Gasteiger partial charge on any atom is -0.478 e. The Kier molecular flexibility index (Phi) is 15.1. The summed E-state index contributed by atoms with van der Waals surface area (Å²) in [7, 11) is 0. The lowest BCUT2D eigenvalue weighted by molar-refractivity contribution is -0.131. The van der Waals surface area contributed by atoms with Crippen LogP contribution in [0.5, 0.6) is 0 Å². The number of aliphatic hydroxyl groups excluding tert-OH is 1. The maximum atomic E-state index is 11.4. The van der Waals surface area contributed by atoms with Gasteiger partial charge in [-0.1, -0.05) is 63.3 Å². The zero-order valence-electron chi connectivity index (χ0n) is 14.8. The van der Waals surface area contributed by atoms with Crippen molar-refractivity contribution in [3.63, 3.8) is 0 Å². The van der Waals surface area contributed by atoms with E-state index in [1.807, 2.05) is 12.2 Å². The van der Waals surface area contributed by atoms with Crippen LogP contribution in [0.3, 0.4) is 0 Å². The topological polar surface area (TPSA) is 74.6 Å². The first-order valence-electron chi connectivity index (χ1n) is 8.99. The van der Waals surface area contributed by atoms with Crippen molar-refractivity contribution in [3.8, 4) is 0 Å². The Morgan fingerprint density at radius 2 is 1.62 bits per heavy atom. The zero-order chi connectivity index (χ0) is 18.0. The summed E-state index contributed by atoms with van der Waals surface area (Å²) >= 11 is 0. The highest BCUT2D eigenvalue weighted by Crippen LogP contribution is 2.11. The molecule has 4 nitrogen and oxygen atoms in total. The molecule has 2 N–H and O–H groups in total. The number of rotatable bonds is 15. The summed E-state index contributed by atoms with van der Waals surface area (Å²) in [5.74, 6) is -1.16. The van der Waals surface area contributed by atoms with E-state index in [1.165, 1.54) is 25.0 Å². The lowest BCUT2D eigenvalue weighted by Gasteiger charge is -2.09. The Hall–Kier alpha value is -1.68. The van der Waals surface area contributed by atoms with Gasteiger partial charge in [0.1, 0.15) is 0 Å². The Bertz CT molecular complexity index is 421. The molecule has 0 rings (SSSR count). The number of unbranched alkanes of at least 4 members (excludes halogenated alkanes) is 5. The second-order valence-electron chi connectivity index (χ2n) is 5.99. The van der Waals surface area contributed by atoms with Crippen molar-refractivity contribution in [2.75, 3.05) is 0 Å². The van der Waals surface area contributed by atoms with Crippen LogP contribution < -0.4 is 0 Å². The minimum absolute atomic E-state index is 0.108. The molecule has 0 saturated heterocycles. The van der Waals surface area contributed by atoms with Gasteiger partial charge >= 0.3 is 5.97 Å². The van der Waals surface area contributed by atoms with E-state index in [0.29, 0.717) is 0 Å². The summed E-state index contributed by atoms with van der Waals surface area (Å²) in [6, 6.07) is 0. The molecular formula is C20H32O4. The van der Waals surface area contributed by atoms with Crippen LogP contribution in [0.25, 0.3) is 0 Å². The van der Waals surface area contributed by atoms with Gasteiger partial charge in [-0.25, -0.2) is 4.79 Å². The van der Waals surface area contributed by atoms with Crippen molar-refractivity contribution in [1.82, 2.24) is 0 Å². The number of allylic oxidation sites excluding steroid dienone is 5. The van der Waals surface area contributed by atoms with Crippen LogP contribution in [0.2, 0.25) is 0 Å². The van der Waals surface area contributed by atoms with Crippen molar-refractivity contribution >= 4 is 11.8 Å². The molecule has 0 aromatic heterocycles. The number of carbonyl (C=O) groups excluding carboxylic acids is 1. The number of carboxylic acid groups (broad SMARTS) is 1. The molecule has 0 spiro atoms. The zero-order valence-corrected chi connectivity index (χ0v) is 14.8. The third kappa shape index (κ3) is 16.7. The number of carbonyl (C=O) groups is 2. The van der Waals surface area contributed by atoms with Gasteiger partial charge in [-0.2, -0.15) is 0 Å². The fourth-order valence-corrected chi connectivity index (χ4v) is 2.27. The van der Waals surface area contributed by atoms with Crippen LogP contribution >= 0.6 is 0 Å². The average Bonchev–Trinajstić information content (AvgIpc) is 2.53. The van der Waals surface area contributed by atoms with Crippen LogP contribution in [0.15, 0.2) is 36.5 Å². The molecule has 1 unspecified atom stereocenters. The van der Waals surface area contributed by atoms with E-state index in [0.717, 1.165) is 51.0 Å². The van der Waals surface area contributed by atoms with Gasteiger partial charge in [0, 0.05) is 12.5 Å². The first-order valence-corrected chi connectivity index (χ1v) is 8.99. The van der Waals surface area contributed by atoms with Crippen LogP contribution in [0.4, 0.5) is 0 Å². The van der Waals surface area contributed by atoms with E-state index < -0.39 is 5.97 Å². The summed E-state index contributed by atoms with van der Waals surface area (Å²) in [6.45, 7) is 2.17. The predicted molar refractivity (Wildman–Crippen MR) is 97.9 cm³/mol. The fourth-order valence-electron chi connectivity index (χ4n) is 2.27. The molecule has 136 valence electrons. The molecule has 1 atom stereocenters. The van der Waals surface area contributed by atoms with Crippen molar-refractivity contribution < 1.29 is 19.8 Å². The second kappa shape index (κ2) is 16.2. The summed E-state index contributed by atoms with van der Waals surface area (Å²) in [5.41, 5.74) is 0. The maximum absolute atomic E-state index is 11.4. The van der Waals surface area contributed by atoms with Gasteiger partial charge in [-0.15, -0.1) is 0 Å². The van der Waals surface area contributed by atoms with Crippen molar-refractivity contribution in [2.24, 2.45) is 0 Å². The van der Waals surface area contributed by atoms with E-state index in [1.54, 1.807) is 6.08 Å². The number of carboxylic acids is 1. The Labute approximate surface area is 146 Å². The smallest absolute Gasteiger partial charge is 0.327 e. The average molecular weight is 336 g/mol. The SMILES string of the molecule is CCCCCC(O)CCCCCC=CC=CC(=O)CC=CC(=O)O. The first kappa shape index (κ1) is 22.3. The van der Waals surface area contributed by atoms with E-state index >= 15 is 0 Å². The number of hydrogen-bond acceptors (Lipinski definition) is 3. The molecule has 0 aliphatic carbocycles. The van der Waals surface area contributed by atoms with Crippen LogP contribution in [-0.2, 0) is 9.59 Å². The summed E-state index contributed by atoms with van der Waals surface area (Å²) in [5, 5.41) is 18.2. The van der Waals surface area contributed by atoms with Crippen molar-refractivity contribution in [3.05, 3.63) is 36.5 Å². The molecule has 0 radical (unpaired) electrons. The normalized spacial score (nSPS) is 13.2. The number of aliphatic carboxylic acids is 1. The summed E-state index contributed by atoms with van der Waals surface area (Å²) in [4.78, 5) is 21.6. The number of aliphatic hydroxyl groups is 1. The van der Waals surface area contributed by atoms with E-state index in [9.17, 15) is 14.7 Å². The number of ketones is 1. The molecule has 0 fully saturated rings. The van der Waals surface area contributed by atoms with Gasteiger partial charge in [0.2, 0.25) is 0 Å². The molecule has 0 saturated carbocycles. The highest BCUT2D eigenvalue weighted by atomic mass is 16.4. The van der Waals surface area contributed by atoms with Crippen LogP contribution in [0, 0.1) is 0 Å². The van der Waals surface area contributed by atoms with E-state index in [2.05, 4.69) is 6.92 Å². The van der Waals surface area contributed by atoms with Crippen molar-refractivity contribution in [1.29, 1.82) is 0 Å². The van der Waals surface area contributed by atoms with Crippen LogP contribution in [-0.4, -0.2) is 28.1 Å². The van der Waals surface area contributed by atoms with Gasteiger partial charge in [-0.05, 0) is 31.8 Å². The van der Waals surface area contributed by atoms with Gasteiger partial charge in [0.15, 0.2) is 5.78 Å². The predicted octanol–water partition coefficient (Wildman–Crippen LogP) is 4.59. The third-order valence-corrected chi connectivity index (χ3v) is 3.66. The molecular weight excluding hydrogens is 304 g/mol. The Morgan fingerprint density at radius 3 is 2.29 bits per heavy atom. The highest BCUT2D eigenvalue weighted by molar-refractivity contribution is 5.91. The molecule has 0 aliphatic rings. The van der Waals surface area contributed by atoms with Gasteiger partial charge in [0.05, 0.1) is 6.10 Å². The molecule has 0 aromatic carbocycles. The van der Waals surface area contributed by atoms with E-state index in [4.69, 9.17) is 5.11 Å². The monoisotopic (exact) mass is 336 g/mol. The van der Waals surface area contributed by atoms with Gasteiger partial charge in [-0.3, -0.25) is 4.79 Å². The van der Waals surface area contributed by atoms with E-state index in [-0.39, 0.29) is 18.3 Å². The molecule has 4 heteroatoms. The standard InChI is InChI=1S/C20H32O4/c1-2-3-9-13-18(21)14-10-7-5-4-6-8-11-15-19(22)16-12-17-20(23)24/h6,8,11-12,15,17-18,21H,2-5,7,9-10,13-14,16H2,1H3,(H,23,24). The lowest BCUT2D eigenvalue weighted by atomic mass is 10.0. The van der Waals surface area contributed by atoms with Crippen LogP contribution in [0.1, 0.15) is 71.1 Å². The first-order chi connectivity index (χ1) is 11.6. The summed E-state index contributed by atoms with van der Waals surface area (Å²) in [6.07, 6.45) is 18.8. The quantitative estimate of drug-likeness (QED) is 0.260.